The number of carbonyl (C=O) groups is 2. The molecule has 2 amide bonds. The van der Waals surface area contributed by atoms with Gasteiger partial charge in [0.25, 0.3) is 0 Å². The minimum atomic E-state index is -3.85. The molecule has 2 aromatic carbocycles. The Hall–Kier alpha value is -2.07. The fourth-order valence-electron chi connectivity index (χ4n) is 3.27. The first-order chi connectivity index (χ1) is 15.4. The van der Waals surface area contributed by atoms with Gasteiger partial charge in [-0.2, -0.15) is 0 Å². The smallest absolute Gasteiger partial charge is 0.241 e. The molecule has 1 aliphatic rings. The van der Waals surface area contributed by atoms with E-state index in [1.54, 1.807) is 36.4 Å². The number of aryl methyl sites for hydroxylation is 1. The lowest BCUT2D eigenvalue weighted by atomic mass is 9.87. The molecular weight excluding hydrogens is 482 g/mol. The standard InChI is InChI=1S/C23H28ClN3O4S2/c1-14-5-8-16(11-18(14)24)26-20(28)13-32-22-25-12-19(21(29)27-22)33(30,31)17-9-6-15(7-10-17)23(2,3)4/h5-11,19,22,25H,12-13H2,1-4H3,(H,26,28)(H,27,29). The van der Waals surface area contributed by atoms with E-state index >= 15 is 0 Å². The number of carbonyl (C=O) groups excluding carboxylic acids is 2. The van der Waals surface area contributed by atoms with E-state index in [0.29, 0.717) is 10.7 Å². The predicted molar refractivity (Wildman–Crippen MR) is 133 cm³/mol. The van der Waals surface area contributed by atoms with Gasteiger partial charge in [0.15, 0.2) is 15.1 Å². The van der Waals surface area contributed by atoms with Crippen LogP contribution in [0.1, 0.15) is 31.9 Å². The van der Waals surface area contributed by atoms with Crippen molar-refractivity contribution in [2.24, 2.45) is 0 Å². The first kappa shape index (κ1) is 25.6. The lowest BCUT2D eigenvalue weighted by Crippen LogP contribution is -2.59. The number of thioether (sulfide) groups is 1. The van der Waals surface area contributed by atoms with Crippen LogP contribution in [0.25, 0.3) is 0 Å². The normalized spacial score (nSPS) is 19.1. The zero-order valence-corrected chi connectivity index (χ0v) is 21.3. The highest BCUT2D eigenvalue weighted by Gasteiger charge is 2.38. The van der Waals surface area contributed by atoms with Crippen LogP contribution in [0, 0.1) is 6.92 Å². The van der Waals surface area contributed by atoms with Crippen molar-refractivity contribution >= 4 is 50.7 Å². The van der Waals surface area contributed by atoms with Crippen molar-refractivity contribution in [1.82, 2.24) is 10.6 Å². The van der Waals surface area contributed by atoms with E-state index in [0.717, 1.165) is 11.1 Å². The van der Waals surface area contributed by atoms with Crippen LogP contribution in [0.2, 0.25) is 5.02 Å². The first-order valence-electron chi connectivity index (χ1n) is 10.4. The summed E-state index contributed by atoms with van der Waals surface area (Å²) in [5.41, 5.74) is 1.83. The molecule has 3 N–H and O–H groups in total. The van der Waals surface area contributed by atoms with Crippen molar-refractivity contribution in [2.75, 3.05) is 17.6 Å². The van der Waals surface area contributed by atoms with Gasteiger partial charge in [0.2, 0.25) is 11.8 Å². The molecule has 3 rings (SSSR count). The Morgan fingerprint density at radius 1 is 1.18 bits per heavy atom. The average Bonchev–Trinajstić information content (AvgIpc) is 2.74. The van der Waals surface area contributed by atoms with E-state index in [1.165, 1.54) is 11.8 Å². The van der Waals surface area contributed by atoms with Gasteiger partial charge in [0.05, 0.1) is 10.6 Å². The maximum Gasteiger partial charge on any atom is 0.241 e. The van der Waals surface area contributed by atoms with E-state index < -0.39 is 26.5 Å². The zero-order valence-electron chi connectivity index (χ0n) is 18.9. The van der Waals surface area contributed by atoms with Gasteiger partial charge in [0.1, 0.15) is 5.50 Å². The molecule has 0 aromatic heterocycles. The van der Waals surface area contributed by atoms with Crippen LogP contribution in [0.3, 0.4) is 0 Å². The van der Waals surface area contributed by atoms with Gasteiger partial charge >= 0.3 is 0 Å². The van der Waals surface area contributed by atoms with Crippen LogP contribution in [-0.2, 0) is 24.8 Å². The SMILES string of the molecule is Cc1ccc(NC(=O)CSC2NCC(S(=O)(=O)c3ccc(C(C)(C)C)cc3)C(=O)N2)cc1Cl. The fraction of sp³-hybridized carbons (Fsp3) is 0.391. The number of benzene rings is 2. The Kier molecular flexibility index (Phi) is 7.78. The molecule has 1 fully saturated rings. The maximum absolute atomic E-state index is 13.0. The molecule has 0 bridgehead atoms. The lowest BCUT2D eigenvalue weighted by molar-refractivity contribution is -0.122. The van der Waals surface area contributed by atoms with Crippen molar-refractivity contribution in [1.29, 1.82) is 0 Å². The summed E-state index contributed by atoms with van der Waals surface area (Å²) in [6, 6.07) is 11.9. The van der Waals surface area contributed by atoms with Crippen LogP contribution in [0.15, 0.2) is 47.4 Å². The molecular formula is C23H28ClN3O4S2. The molecule has 1 aliphatic heterocycles. The number of amides is 2. The third-order valence-electron chi connectivity index (χ3n) is 5.31. The maximum atomic E-state index is 13.0. The van der Waals surface area contributed by atoms with E-state index in [2.05, 4.69) is 16.0 Å². The summed E-state index contributed by atoms with van der Waals surface area (Å²) in [5, 5.41) is 7.71. The van der Waals surface area contributed by atoms with Gasteiger partial charge in [-0.05, 0) is 47.7 Å². The third kappa shape index (κ3) is 6.29. The zero-order chi connectivity index (χ0) is 24.4. The van der Waals surface area contributed by atoms with Crippen LogP contribution in [0.5, 0.6) is 0 Å². The second-order valence-corrected chi connectivity index (χ2v) is 12.6. The highest BCUT2D eigenvalue weighted by Crippen LogP contribution is 2.26. The molecule has 0 spiro atoms. The van der Waals surface area contributed by atoms with E-state index in [4.69, 9.17) is 11.6 Å². The van der Waals surface area contributed by atoms with Crippen molar-refractivity contribution in [2.45, 2.75) is 48.8 Å². The quantitative estimate of drug-likeness (QED) is 0.551. The Labute approximate surface area is 204 Å². The lowest BCUT2D eigenvalue weighted by Gasteiger charge is -2.29. The highest BCUT2D eigenvalue weighted by atomic mass is 35.5. The Morgan fingerprint density at radius 3 is 2.42 bits per heavy atom. The fourth-order valence-corrected chi connectivity index (χ4v) is 5.76. The van der Waals surface area contributed by atoms with Crippen LogP contribution >= 0.6 is 23.4 Å². The van der Waals surface area contributed by atoms with Gasteiger partial charge in [-0.1, -0.05) is 50.6 Å². The number of anilines is 1. The molecule has 10 heteroatoms. The summed E-state index contributed by atoms with van der Waals surface area (Å²) >= 11 is 7.24. The summed E-state index contributed by atoms with van der Waals surface area (Å²) in [5.74, 6) is -0.781. The number of hydrogen-bond donors (Lipinski definition) is 3. The highest BCUT2D eigenvalue weighted by molar-refractivity contribution is 8.00. The van der Waals surface area contributed by atoms with E-state index in [-0.39, 0.29) is 28.5 Å². The molecule has 2 unspecified atom stereocenters. The largest absolute Gasteiger partial charge is 0.331 e. The van der Waals surface area contributed by atoms with Crippen LogP contribution in [-0.4, -0.2) is 43.3 Å². The van der Waals surface area contributed by atoms with Gasteiger partial charge in [-0.3, -0.25) is 14.9 Å². The monoisotopic (exact) mass is 509 g/mol. The second kappa shape index (κ2) is 10.0. The molecule has 0 aliphatic carbocycles. The average molecular weight is 510 g/mol. The number of nitrogens with one attached hydrogen (secondary N) is 3. The van der Waals surface area contributed by atoms with Crippen LogP contribution in [0.4, 0.5) is 5.69 Å². The number of halogens is 1. The van der Waals surface area contributed by atoms with Gasteiger partial charge < -0.3 is 10.6 Å². The first-order valence-corrected chi connectivity index (χ1v) is 13.4. The number of hydrogen-bond acceptors (Lipinski definition) is 6. The molecule has 0 saturated carbocycles. The molecule has 178 valence electrons. The van der Waals surface area contributed by atoms with Crippen molar-refractivity contribution in [3.63, 3.8) is 0 Å². The summed E-state index contributed by atoms with van der Waals surface area (Å²) in [7, 11) is -3.85. The van der Waals surface area contributed by atoms with E-state index in [9.17, 15) is 18.0 Å². The molecule has 0 radical (unpaired) electrons. The van der Waals surface area contributed by atoms with Crippen molar-refractivity contribution in [3.8, 4) is 0 Å². The van der Waals surface area contributed by atoms with E-state index in [1.807, 2.05) is 33.8 Å². The minimum Gasteiger partial charge on any atom is -0.331 e. The molecule has 7 nitrogen and oxygen atoms in total. The summed E-state index contributed by atoms with van der Waals surface area (Å²) in [6.45, 7) is 7.96. The Morgan fingerprint density at radius 2 is 1.85 bits per heavy atom. The molecule has 1 heterocycles. The molecule has 1 saturated heterocycles. The van der Waals surface area contributed by atoms with Crippen LogP contribution < -0.4 is 16.0 Å². The van der Waals surface area contributed by atoms with Gasteiger partial charge in [-0.15, -0.1) is 11.8 Å². The summed E-state index contributed by atoms with van der Waals surface area (Å²) in [4.78, 5) is 24.9. The van der Waals surface area contributed by atoms with Crippen molar-refractivity contribution < 1.29 is 18.0 Å². The molecule has 2 aromatic rings. The summed E-state index contributed by atoms with van der Waals surface area (Å²) in [6.07, 6.45) is 0. The summed E-state index contributed by atoms with van der Waals surface area (Å²) < 4.78 is 26.0. The number of rotatable bonds is 6. The molecule has 2 atom stereocenters. The van der Waals surface area contributed by atoms with Gasteiger partial charge in [-0.25, -0.2) is 8.42 Å². The second-order valence-electron chi connectivity index (χ2n) is 8.93. The third-order valence-corrected chi connectivity index (χ3v) is 8.83. The Balaban J connectivity index is 1.56. The van der Waals surface area contributed by atoms with Crippen molar-refractivity contribution in [3.05, 3.63) is 58.6 Å². The minimum absolute atomic E-state index is 0.0396. The predicted octanol–water partition coefficient (Wildman–Crippen LogP) is 3.46. The Bertz CT molecular complexity index is 1150. The molecule has 33 heavy (non-hydrogen) atoms. The topological polar surface area (TPSA) is 104 Å². The van der Waals surface area contributed by atoms with Gasteiger partial charge in [0, 0.05) is 17.3 Å². The number of sulfone groups is 1.